The Morgan fingerprint density at radius 2 is 2.00 bits per heavy atom. The molecule has 0 aliphatic heterocycles. The lowest BCUT2D eigenvalue weighted by Gasteiger charge is -2.12. The highest BCUT2D eigenvalue weighted by Crippen LogP contribution is 2.09. The Morgan fingerprint density at radius 3 is 2.67 bits per heavy atom. The smallest absolute Gasteiger partial charge is 0.253 e. The van der Waals surface area contributed by atoms with Gasteiger partial charge in [0.1, 0.15) is 0 Å². The van der Waals surface area contributed by atoms with Gasteiger partial charge < -0.3 is 15.6 Å². The second kappa shape index (κ2) is 6.54. The van der Waals surface area contributed by atoms with Crippen LogP contribution < -0.4 is 16.2 Å². The molecule has 5 heteroatoms. The van der Waals surface area contributed by atoms with E-state index in [1.54, 1.807) is 0 Å². The van der Waals surface area contributed by atoms with Gasteiger partial charge in [-0.05, 0) is 62.3 Å². The Bertz CT molecular complexity index is 722. The van der Waals surface area contributed by atoms with Crippen molar-refractivity contribution in [2.75, 3.05) is 5.32 Å². The van der Waals surface area contributed by atoms with Crippen LogP contribution in [0.15, 0.2) is 35.1 Å². The highest BCUT2D eigenvalue weighted by molar-refractivity contribution is 7.80. The van der Waals surface area contributed by atoms with Crippen LogP contribution in [0.2, 0.25) is 0 Å². The maximum absolute atomic E-state index is 11.9. The Hall–Kier alpha value is -2.14. The van der Waals surface area contributed by atoms with Crippen LogP contribution in [0.25, 0.3) is 0 Å². The average Bonchev–Trinajstić information content (AvgIpc) is 2.37. The third-order valence-corrected chi connectivity index (χ3v) is 3.44. The number of rotatable bonds is 3. The van der Waals surface area contributed by atoms with Gasteiger partial charge in [-0.2, -0.15) is 0 Å². The summed E-state index contributed by atoms with van der Waals surface area (Å²) in [4.78, 5) is 14.7. The fourth-order valence-electron chi connectivity index (χ4n) is 2.17. The molecule has 3 N–H and O–H groups in total. The van der Waals surface area contributed by atoms with Gasteiger partial charge in [-0.1, -0.05) is 12.1 Å². The molecule has 0 atom stereocenters. The largest absolute Gasteiger partial charge is 0.358 e. The van der Waals surface area contributed by atoms with Crippen molar-refractivity contribution >= 4 is 23.0 Å². The predicted octanol–water partition coefficient (Wildman–Crippen LogP) is 2.79. The molecule has 1 heterocycles. The van der Waals surface area contributed by atoms with Crippen molar-refractivity contribution in [1.29, 1.82) is 0 Å². The van der Waals surface area contributed by atoms with E-state index in [1.807, 2.05) is 51.1 Å². The molecular formula is C16H19N3OS. The highest BCUT2D eigenvalue weighted by Gasteiger charge is 2.06. The van der Waals surface area contributed by atoms with Crippen molar-refractivity contribution in [3.05, 3.63) is 63.1 Å². The summed E-state index contributed by atoms with van der Waals surface area (Å²) in [6.45, 7) is 6.22. The Balaban J connectivity index is 2.00. The summed E-state index contributed by atoms with van der Waals surface area (Å²) in [7, 11) is 0. The number of benzene rings is 1. The number of aromatic amines is 1. The first-order valence-electron chi connectivity index (χ1n) is 6.76. The average molecular weight is 301 g/mol. The van der Waals surface area contributed by atoms with Crippen LogP contribution in [0.1, 0.15) is 22.4 Å². The first kappa shape index (κ1) is 15.3. The molecule has 2 rings (SSSR count). The summed E-state index contributed by atoms with van der Waals surface area (Å²) in [5, 5.41) is 6.68. The van der Waals surface area contributed by atoms with E-state index in [0.29, 0.717) is 17.2 Å². The molecule has 0 fully saturated rings. The standard InChI is InChI=1S/C16H19N3OS/c1-10-5-4-6-13(7-10)19-16(21)17-9-14-11(2)8-12(3)18-15(14)20/h4-8H,9H2,1-3H3,(H,18,20)(H2,17,19,21). The fraction of sp³-hybridized carbons (Fsp3) is 0.250. The Kier molecular flexibility index (Phi) is 4.75. The summed E-state index contributed by atoms with van der Waals surface area (Å²) in [5.74, 6) is 0. The second-order valence-corrected chi connectivity index (χ2v) is 5.53. The number of thiocarbonyl (C=S) groups is 1. The van der Waals surface area contributed by atoms with Crippen LogP contribution in [0, 0.1) is 20.8 Å². The van der Waals surface area contributed by atoms with E-state index in [2.05, 4.69) is 15.6 Å². The van der Waals surface area contributed by atoms with Gasteiger partial charge in [0.2, 0.25) is 0 Å². The van der Waals surface area contributed by atoms with E-state index in [9.17, 15) is 4.79 Å². The van der Waals surface area contributed by atoms with Crippen molar-refractivity contribution in [2.24, 2.45) is 0 Å². The molecule has 0 aliphatic carbocycles. The van der Waals surface area contributed by atoms with Crippen molar-refractivity contribution in [3.63, 3.8) is 0 Å². The molecule has 0 spiro atoms. The number of hydrogen-bond acceptors (Lipinski definition) is 2. The van der Waals surface area contributed by atoms with Crippen LogP contribution in [0.4, 0.5) is 5.69 Å². The van der Waals surface area contributed by atoms with E-state index in [1.165, 1.54) is 0 Å². The van der Waals surface area contributed by atoms with Crippen LogP contribution >= 0.6 is 12.2 Å². The summed E-state index contributed by atoms with van der Waals surface area (Å²) in [6.07, 6.45) is 0. The molecule has 0 unspecified atom stereocenters. The SMILES string of the molecule is Cc1cccc(NC(=S)NCc2c(C)cc(C)[nH]c2=O)c1. The molecule has 0 aliphatic rings. The van der Waals surface area contributed by atoms with Crippen LogP contribution in [0.3, 0.4) is 0 Å². The second-order valence-electron chi connectivity index (χ2n) is 5.12. The summed E-state index contributed by atoms with van der Waals surface area (Å²) < 4.78 is 0. The third-order valence-electron chi connectivity index (χ3n) is 3.20. The molecule has 4 nitrogen and oxygen atoms in total. The van der Waals surface area contributed by atoms with Crippen molar-refractivity contribution < 1.29 is 0 Å². The van der Waals surface area contributed by atoms with Gasteiger partial charge in [0.05, 0.1) is 0 Å². The fourth-order valence-corrected chi connectivity index (χ4v) is 2.36. The zero-order valence-electron chi connectivity index (χ0n) is 12.4. The number of H-pyrrole nitrogens is 1. The van der Waals surface area contributed by atoms with Gasteiger partial charge >= 0.3 is 0 Å². The summed E-state index contributed by atoms with van der Waals surface area (Å²) in [5.41, 5.74) is 4.55. The first-order valence-corrected chi connectivity index (χ1v) is 7.17. The van der Waals surface area contributed by atoms with Gasteiger partial charge in [0, 0.05) is 23.5 Å². The van der Waals surface area contributed by atoms with E-state index < -0.39 is 0 Å². The maximum atomic E-state index is 11.9. The van der Waals surface area contributed by atoms with Crippen LogP contribution in [0.5, 0.6) is 0 Å². The minimum Gasteiger partial charge on any atom is -0.358 e. The first-order chi connectivity index (χ1) is 9.95. The topological polar surface area (TPSA) is 56.9 Å². The minimum absolute atomic E-state index is 0.0710. The number of anilines is 1. The third kappa shape index (κ3) is 4.16. The molecule has 21 heavy (non-hydrogen) atoms. The number of hydrogen-bond donors (Lipinski definition) is 3. The quantitative estimate of drug-likeness (QED) is 0.763. The van der Waals surface area contributed by atoms with Gasteiger partial charge in [0.15, 0.2) is 5.11 Å². The lowest BCUT2D eigenvalue weighted by atomic mass is 10.1. The molecule has 0 radical (unpaired) electrons. The van der Waals surface area contributed by atoms with Crippen LogP contribution in [-0.2, 0) is 6.54 Å². The number of pyridine rings is 1. The van der Waals surface area contributed by atoms with Crippen molar-refractivity contribution in [2.45, 2.75) is 27.3 Å². The van der Waals surface area contributed by atoms with Crippen LogP contribution in [-0.4, -0.2) is 10.1 Å². The van der Waals surface area contributed by atoms with Gasteiger partial charge in [-0.25, -0.2) is 0 Å². The van der Waals surface area contributed by atoms with E-state index in [4.69, 9.17) is 12.2 Å². The minimum atomic E-state index is -0.0710. The zero-order valence-corrected chi connectivity index (χ0v) is 13.2. The highest BCUT2D eigenvalue weighted by atomic mass is 32.1. The van der Waals surface area contributed by atoms with Gasteiger partial charge in [-0.15, -0.1) is 0 Å². The monoisotopic (exact) mass is 301 g/mol. The Morgan fingerprint density at radius 1 is 1.24 bits per heavy atom. The number of nitrogens with one attached hydrogen (secondary N) is 3. The lowest BCUT2D eigenvalue weighted by Crippen LogP contribution is -2.31. The Labute approximate surface area is 129 Å². The molecule has 0 saturated heterocycles. The molecule has 0 saturated carbocycles. The molecule has 2 aromatic rings. The molecule has 1 aromatic heterocycles. The summed E-state index contributed by atoms with van der Waals surface area (Å²) in [6, 6.07) is 9.91. The van der Waals surface area contributed by atoms with Gasteiger partial charge in [-0.3, -0.25) is 4.79 Å². The molecular weight excluding hydrogens is 282 g/mol. The van der Waals surface area contributed by atoms with E-state index in [0.717, 1.165) is 22.5 Å². The molecule has 0 bridgehead atoms. The molecule has 0 amide bonds. The zero-order chi connectivity index (χ0) is 15.4. The molecule has 110 valence electrons. The van der Waals surface area contributed by atoms with Crippen molar-refractivity contribution in [1.82, 2.24) is 10.3 Å². The normalized spacial score (nSPS) is 10.2. The molecule has 1 aromatic carbocycles. The lowest BCUT2D eigenvalue weighted by molar-refractivity contribution is 0.884. The maximum Gasteiger partial charge on any atom is 0.253 e. The number of aryl methyl sites for hydroxylation is 3. The summed E-state index contributed by atoms with van der Waals surface area (Å²) >= 11 is 5.26. The predicted molar refractivity (Wildman–Crippen MR) is 90.8 cm³/mol. The van der Waals surface area contributed by atoms with Gasteiger partial charge in [0.25, 0.3) is 5.56 Å². The van der Waals surface area contributed by atoms with E-state index >= 15 is 0 Å². The van der Waals surface area contributed by atoms with Crippen molar-refractivity contribution in [3.8, 4) is 0 Å². The number of aromatic nitrogens is 1. The van der Waals surface area contributed by atoms with E-state index in [-0.39, 0.29) is 5.56 Å².